The molecule has 0 aliphatic heterocycles. The van der Waals surface area contributed by atoms with Crippen molar-refractivity contribution in [2.24, 2.45) is 10.7 Å². The van der Waals surface area contributed by atoms with Crippen LogP contribution in [-0.4, -0.2) is 21.7 Å². The number of nitrogens with one attached hydrogen (secondary N) is 1. The Morgan fingerprint density at radius 2 is 2.37 bits per heavy atom. The Morgan fingerprint density at radius 1 is 1.58 bits per heavy atom. The molecule has 0 spiro atoms. The Labute approximate surface area is 119 Å². The van der Waals surface area contributed by atoms with Crippen LogP contribution in [0.15, 0.2) is 28.0 Å². The number of nitrogens with two attached hydrogens (primary N) is 1. The van der Waals surface area contributed by atoms with Gasteiger partial charge in [-0.1, -0.05) is 23.4 Å². The summed E-state index contributed by atoms with van der Waals surface area (Å²) in [6.07, 6.45) is 0. The quantitative estimate of drug-likeness (QED) is 0.671. The minimum Gasteiger partial charge on any atom is -0.379 e. The van der Waals surface area contributed by atoms with Crippen LogP contribution in [0, 0.1) is 0 Å². The van der Waals surface area contributed by atoms with E-state index in [0.717, 1.165) is 0 Å². The molecular weight excluding hydrogens is 284 g/mol. The fourth-order valence-electron chi connectivity index (χ4n) is 1.57. The SMILES string of the molecule is CCN=C(N)SCc1nc2cc(Cl)ccc2c(=O)[nH]1. The number of fused-ring (bicyclic) bond motifs is 1. The van der Waals surface area contributed by atoms with Gasteiger partial charge in [-0.05, 0) is 25.1 Å². The first-order valence-corrected chi connectivity index (χ1v) is 7.07. The highest BCUT2D eigenvalue weighted by atomic mass is 35.5. The van der Waals surface area contributed by atoms with Crippen LogP contribution in [0.4, 0.5) is 0 Å². The van der Waals surface area contributed by atoms with Gasteiger partial charge in [0.15, 0.2) is 5.17 Å². The Morgan fingerprint density at radius 3 is 3.11 bits per heavy atom. The van der Waals surface area contributed by atoms with E-state index in [1.165, 1.54) is 11.8 Å². The number of aromatic nitrogens is 2. The number of nitrogens with zero attached hydrogens (tertiary/aromatic N) is 2. The summed E-state index contributed by atoms with van der Waals surface area (Å²) >= 11 is 7.23. The molecule has 1 aromatic heterocycles. The summed E-state index contributed by atoms with van der Waals surface area (Å²) in [6, 6.07) is 5.00. The Bertz CT molecular complexity index is 683. The summed E-state index contributed by atoms with van der Waals surface area (Å²) < 4.78 is 0. The summed E-state index contributed by atoms with van der Waals surface area (Å²) in [4.78, 5) is 23.0. The number of H-pyrrole nitrogens is 1. The van der Waals surface area contributed by atoms with Gasteiger partial charge in [0.25, 0.3) is 5.56 Å². The third kappa shape index (κ3) is 3.48. The third-order valence-corrected chi connectivity index (χ3v) is 3.47. The number of hydrogen-bond acceptors (Lipinski definition) is 4. The van der Waals surface area contributed by atoms with Crippen molar-refractivity contribution in [2.75, 3.05) is 6.54 Å². The largest absolute Gasteiger partial charge is 0.379 e. The first kappa shape index (κ1) is 13.9. The van der Waals surface area contributed by atoms with E-state index in [9.17, 15) is 4.79 Å². The predicted molar refractivity (Wildman–Crippen MR) is 80.8 cm³/mol. The molecule has 100 valence electrons. The number of aromatic amines is 1. The van der Waals surface area contributed by atoms with E-state index in [0.29, 0.717) is 39.2 Å². The fraction of sp³-hybridized carbons (Fsp3) is 0.250. The minimum absolute atomic E-state index is 0.178. The van der Waals surface area contributed by atoms with Gasteiger partial charge in [0.1, 0.15) is 5.82 Å². The standard InChI is InChI=1S/C12H13ClN4OS/c1-2-15-12(14)19-6-10-16-9-5-7(13)3-4-8(9)11(18)17-10/h3-5H,2,6H2,1H3,(H2,14,15)(H,16,17,18). The predicted octanol–water partition coefficient (Wildman–Crippen LogP) is 2.14. The molecule has 2 rings (SSSR count). The molecule has 19 heavy (non-hydrogen) atoms. The van der Waals surface area contributed by atoms with Gasteiger partial charge < -0.3 is 10.7 Å². The number of amidine groups is 1. The molecule has 2 aromatic rings. The first-order valence-electron chi connectivity index (χ1n) is 5.71. The Hall–Kier alpha value is -1.53. The van der Waals surface area contributed by atoms with E-state index in [1.54, 1.807) is 18.2 Å². The molecule has 0 atom stereocenters. The van der Waals surface area contributed by atoms with Gasteiger partial charge in [-0.2, -0.15) is 0 Å². The smallest absolute Gasteiger partial charge is 0.258 e. The van der Waals surface area contributed by atoms with Crippen molar-refractivity contribution in [3.8, 4) is 0 Å². The highest BCUT2D eigenvalue weighted by molar-refractivity contribution is 8.13. The van der Waals surface area contributed by atoms with Crippen molar-refractivity contribution >= 4 is 39.4 Å². The number of rotatable bonds is 3. The van der Waals surface area contributed by atoms with Crippen LogP contribution in [0.5, 0.6) is 0 Å². The maximum Gasteiger partial charge on any atom is 0.258 e. The zero-order chi connectivity index (χ0) is 13.8. The summed E-state index contributed by atoms with van der Waals surface area (Å²) in [5.41, 5.74) is 6.08. The topological polar surface area (TPSA) is 84.1 Å². The first-order chi connectivity index (χ1) is 9.10. The van der Waals surface area contributed by atoms with Gasteiger partial charge >= 0.3 is 0 Å². The molecule has 7 heteroatoms. The number of hydrogen-bond donors (Lipinski definition) is 2. The van der Waals surface area contributed by atoms with E-state index in [4.69, 9.17) is 17.3 Å². The summed E-state index contributed by atoms with van der Waals surface area (Å²) in [5.74, 6) is 1.02. The van der Waals surface area contributed by atoms with Crippen LogP contribution >= 0.6 is 23.4 Å². The molecule has 0 saturated heterocycles. The lowest BCUT2D eigenvalue weighted by Gasteiger charge is -2.03. The van der Waals surface area contributed by atoms with E-state index >= 15 is 0 Å². The van der Waals surface area contributed by atoms with Gasteiger partial charge in [-0.25, -0.2) is 4.98 Å². The number of benzene rings is 1. The van der Waals surface area contributed by atoms with Crippen LogP contribution in [0.1, 0.15) is 12.7 Å². The van der Waals surface area contributed by atoms with Gasteiger partial charge in [0.2, 0.25) is 0 Å². The molecule has 3 N–H and O–H groups in total. The van der Waals surface area contributed by atoms with Gasteiger partial charge in [0, 0.05) is 11.6 Å². The average Bonchev–Trinajstić information content (AvgIpc) is 2.36. The fourth-order valence-corrected chi connectivity index (χ4v) is 2.38. The highest BCUT2D eigenvalue weighted by Gasteiger charge is 2.05. The second-order valence-corrected chi connectivity index (χ2v) is 5.21. The lowest BCUT2D eigenvalue weighted by molar-refractivity contribution is 1.04. The molecule has 0 fully saturated rings. The molecular formula is C12H13ClN4OS. The maximum atomic E-state index is 11.9. The van der Waals surface area contributed by atoms with Crippen molar-refractivity contribution in [2.45, 2.75) is 12.7 Å². The van der Waals surface area contributed by atoms with Crippen LogP contribution in [0.3, 0.4) is 0 Å². The van der Waals surface area contributed by atoms with Gasteiger partial charge in [-0.3, -0.25) is 9.79 Å². The van der Waals surface area contributed by atoms with Crippen molar-refractivity contribution < 1.29 is 0 Å². The molecule has 5 nitrogen and oxygen atoms in total. The summed E-state index contributed by atoms with van der Waals surface area (Å²) in [7, 11) is 0. The van der Waals surface area contributed by atoms with Crippen molar-refractivity contribution in [3.63, 3.8) is 0 Å². The van der Waals surface area contributed by atoms with Crippen LogP contribution in [-0.2, 0) is 5.75 Å². The summed E-state index contributed by atoms with van der Waals surface area (Å²) in [5, 5.41) is 1.56. The number of halogens is 1. The van der Waals surface area contributed by atoms with Gasteiger partial charge in [-0.15, -0.1) is 0 Å². The molecule has 0 bridgehead atoms. The molecule has 0 amide bonds. The minimum atomic E-state index is -0.178. The van der Waals surface area contributed by atoms with Crippen molar-refractivity contribution in [1.29, 1.82) is 0 Å². The monoisotopic (exact) mass is 296 g/mol. The second-order valence-electron chi connectivity index (χ2n) is 3.78. The van der Waals surface area contributed by atoms with Crippen LogP contribution < -0.4 is 11.3 Å². The zero-order valence-electron chi connectivity index (χ0n) is 10.3. The van der Waals surface area contributed by atoms with E-state index in [2.05, 4.69) is 15.0 Å². The molecule has 0 unspecified atom stereocenters. The highest BCUT2D eigenvalue weighted by Crippen LogP contribution is 2.16. The van der Waals surface area contributed by atoms with Crippen molar-refractivity contribution in [1.82, 2.24) is 9.97 Å². The number of aliphatic imine (C=N–C) groups is 1. The third-order valence-electron chi connectivity index (χ3n) is 2.39. The molecule has 0 aliphatic rings. The molecule has 0 radical (unpaired) electrons. The normalized spacial score (nSPS) is 12.0. The molecule has 0 aliphatic carbocycles. The average molecular weight is 297 g/mol. The second kappa shape index (κ2) is 6.08. The molecule has 1 heterocycles. The lowest BCUT2D eigenvalue weighted by atomic mass is 10.2. The van der Waals surface area contributed by atoms with Crippen molar-refractivity contribution in [3.05, 3.63) is 39.4 Å². The molecule has 1 aromatic carbocycles. The number of thioether (sulfide) groups is 1. The zero-order valence-corrected chi connectivity index (χ0v) is 11.9. The molecule has 0 saturated carbocycles. The van der Waals surface area contributed by atoms with E-state index in [-0.39, 0.29) is 5.56 Å². The van der Waals surface area contributed by atoms with Gasteiger partial charge in [0.05, 0.1) is 16.7 Å². The Balaban J connectivity index is 2.30. The van der Waals surface area contributed by atoms with Crippen LogP contribution in [0.2, 0.25) is 5.02 Å². The van der Waals surface area contributed by atoms with E-state index < -0.39 is 0 Å². The Kier molecular flexibility index (Phi) is 4.44. The maximum absolute atomic E-state index is 11.9. The summed E-state index contributed by atoms with van der Waals surface area (Å²) in [6.45, 7) is 2.54. The van der Waals surface area contributed by atoms with E-state index in [1.807, 2.05) is 6.92 Å². The van der Waals surface area contributed by atoms with Crippen LogP contribution in [0.25, 0.3) is 10.9 Å². The lowest BCUT2D eigenvalue weighted by Crippen LogP contribution is -2.13.